The Balaban J connectivity index is 1.52. The minimum absolute atomic E-state index is 0.00562. The molecule has 22 heavy (non-hydrogen) atoms. The van der Waals surface area contributed by atoms with Crippen molar-refractivity contribution in [2.24, 2.45) is 5.92 Å². The second-order valence-corrected chi connectivity index (χ2v) is 6.42. The lowest BCUT2D eigenvalue weighted by Gasteiger charge is -2.31. The van der Waals surface area contributed by atoms with Crippen LogP contribution in [0.3, 0.4) is 0 Å². The number of rotatable bonds is 4. The van der Waals surface area contributed by atoms with E-state index in [0.717, 1.165) is 25.4 Å². The summed E-state index contributed by atoms with van der Waals surface area (Å²) in [6.45, 7) is 2.00. The van der Waals surface area contributed by atoms with Crippen molar-refractivity contribution in [3.63, 3.8) is 0 Å². The fourth-order valence-electron chi connectivity index (χ4n) is 3.48. The van der Waals surface area contributed by atoms with E-state index in [1.165, 1.54) is 19.0 Å². The van der Waals surface area contributed by atoms with Gasteiger partial charge in [0.25, 0.3) is 5.91 Å². The molecule has 0 spiro atoms. The highest BCUT2D eigenvalue weighted by molar-refractivity contribution is 5.94. The number of fused-ring (bicyclic) bond motifs is 2. The first-order valence-electron chi connectivity index (χ1n) is 8.14. The highest BCUT2D eigenvalue weighted by Crippen LogP contribution is 2.35. The van der Waals surface area contributed by atoms with E-state index in [1.54, 1.807) is 12.3 Å². The van der Waals surface area contributed by atoms with E-state index in [4.69, 9.17) is 9.47 Å². The number of hydrogen-bond acceptors (Lipinski definition) is 5. The third kappa shape index (κ3) is 2.73. The fourth-order valence-corrected chi connectivity index (χ4v) is 3.48. The first-order chi connectivity index (χ1) is 10.8. The molecule has 3 atom stereocenters. The van der Waals surface area contributed by atoms with Gasteiger partial charge in [0.15, 0.2) is 0 Å². The van der Waals surface area contributed by atoms with E-state index >= 15 is 0 Å². The van der Waals surface area contributed by atoms with Gasteiger partial charge in [-0.15, -0.1) is 0 Å². The van der Waals surface area contributed by atoms with Gasteiger partial charge in [-0.25, -0.2) is 0 Å². The lowest BCUT2D eigenvalue weighted by Crippen LogP contribution is -2.46. The van der Waals surface area contributed by atoms with Gasteiger partial charge in [0.2, 0.25) is 0 Å². The normalized spacial score (nSPS) is 31.1. The summed E-state index contributed by atoms with van der Waals surface area (Å²) in [5.74, 6) is 0.724. The highest BCUT2D eigenvalue weighted by atomic mass is 16.5. The molecule has 4 rings (SSSR count). The van der Waals surface area contributed by atoms with Gasteiger partial charge in [0.05, 0.1) is 36.7 Å². The van der Waals surface area contributed by atoms with Crippen LogP contribution in [0.2, 0.25) is 0 Å². The van der Waals surface area contributed by atoms with Crippen LogP contribution in [0.25, 0.3) is 0 Å². The van der Waals surface area contributed by atoms with Crippen molar-refractivity contribution >= 4 is 5.91 Å². The summed E-state index contributed by atoms with van der Waals surface area (Å²) in [5.41, 5.74) is 0.585. The van der Waals surface area contributed by atoms with E-state index < -0.39 is 0 Å². The lowest BCUT2D eigenvalue weighted by atomic mass is 10.1. The molecule has 1 saturated heterocycles. The van der Waals surface area contributed by atoms with Crippen LogP contribution in [0.15, 0.2) is 18.5 Å². The molecule has 3 fully saturated rings. The van der Waals surface area contributed by atoms with Crippen molar-refractivity contribution in [2.45, 2.75) is 43.9 Å². The molecule has 1 aliphatic heterocycles. The van der Waals surface area contributed by atoms with Crippen LogP contribution in [0, 0.1) is 5.92 Å². The topological polar surface area (TPSA) is 64.6 Å². The van der Waals surface area contributed by atoms with Crippen LogP contribution in [0.1, 0.15) is 36.0 Å². The second kappa shape index (κ2) is 5.93. The molecule has 0 aromatic carbocycles. The quantitative estimate of drug-likeness (QED) is 0.838. The Bertz CT molecular complexity index is 535. The Hall–Kier alpha value is -1.53. The second-order valence-electron chi connectivity index (χ2n) is 6.42. The van der Waals surface area contributed by atoms with Crippen molar-refractivity contribution in [3.8, 4) is 0 Å². The van der Waals surface area contributed by atoms with Gasteiger partial charge in [-0.3, -0.25) is 4.79 Å². The molecular weight excluding hydrogens is 282 g/mol. The number of amides is 1. The van der Waals surface area contributed by atoms with Crippen LogP contribution in [0.4, 0.5) is 0 Å². The molecule has 6 heteroatoms. The van der Waals surface area contributed by atoms with Gasteiger partial charge in [-0.05, 0) is 37.7 Å². The molecular formula is C16H21N3O3. The Morgan fingerprint density at radius 3 is 3.00 bits per heavy atom. The fraction of sp³-hybridized carbons (Fsp3) is 0.688. The van der Waals surface area contributed by atoms with Crippen LogP contribution >= 0.6 is 0 Å². The summed E-state index contributed by atoms with van der Waals surface area (Å²) >= 11 is 0. The number of carbonyl (C=O) groups is 1. The van der Waals surface area contributed by atoms with Crippen molar-refractivity contribution in [1.29, 1.82) is 0 Å². The Kier molecular flexibility index (Phi) is 3.80. The Morgan fingerprint density at radius 2 is 2.23 bits per heavy atom. The van der Waals surface area contributed by atoms with Crippen molar-refractivity contribution in [3.05, 3.63) is 24.0 Å². The zero-order chi connectivity index (χ0) is 14.9. The van der Waals surface area contributed by atoms with E-state index in [2.05, 4.69) is 10.2 Å². The third-order valence-electron chi connectivity index (χ3n) is 4.87. The minimum atomic E-state index is 0.00562. The summed E-state index contributed by atoms with van der Waals surface area (Å²) in [6, 6.07) is 1.83. The molecule has 3 unspecified atom stereocenters. The predicted molar refractivity (Wildman–Crippen MR) is 78.3 cm³/mol. The smallest absolute Gasteiger partial charge is 0.255 e. The molecule has 1 amide bonds. The van der Waals surface area contributed by atoms with Gasteiger partial charge >= 0.3 is 0 Å². The van der Waals surface area contributed by atoms with Gasteiger partial charge in [-0.2, -0.15) is 10.2 Å². The number of nitrogens with zero attached hydrogens (tertiary/aromatic N) is 3. The number of aromatic nitrogens is 2. The molecule has 2 saturated carbocycles. The molecule has 118 valence electrons. The van der Waals surface area contributed by atoms with Gasteiger partial charge in [0, 0.05) is 13.2 Å². The molecule has 2 bridgehead atoms. The summed E-state index contributed by atoms with van der Waals surface area (Å²) in [5, 5.41) is 7.55. The zero-order valence-corrected chi connectivity index (χ0v) is 12.6. The van der Waals surface area contributed by atoms with Crippen LogP contribution in [-0.4, -0.2) is 59.0 Å². The van der Waals surface area contributed by atoms with Crippen LogP contribution in [-0.2, 0) is 9.47 Å². The lowest BCUT2D eigenvalue weighted by molar-refractivity contribution is -0.0556. The summed E-state index contributed by atoms with van der Waals surface area (Å²) in [7, 11) is 0. The molecule has 0 radical (unpaired) electrons. The molecule has 1 aromatic heterocycles. The standard InChI is InChI=1S/C16H21N3O3/c20-16(12-5-6-17-18-9-12)19-7-8-21-14-4-3-13(19)15(14)22-10-11-1-2-11/h5-6,9,11,13-15H,1-4,7-8,10H2. The zero-order valence-electron chi connectivity index (χ0n) is 12.6. The molecule has 0 N–H and O–H groups in total. The molecule has 2 heterocycles. The number of ether oxygens (including phenoxy) is 2. The maximum Gasteiger partial charge on any atom is 0.255 e. The maximum absolute atomic E-state index is 12.8. The monoisotopic (exact) mass is 303 g/mol. The third-order valence-corrected chi connectivity index (χ3v) is 4.87. The maximum atomic E-state index is 12.8. The summed E-state index contributed by atoms with van der Waals surface area (Å²) < 4.78 is 12.1. The first-order valence-corrected chi connectivity index (χ1v) is 8.14. The van der Waals surface area contributed by atoms with E-state index in [1.807, 2.05) is 4.90 Å². The van der Waals surface area contributed by atoms with Crippen molar-refractivity contribution < 1.29 is 14.3 Å². The van der Waals surface area contributed by atoms with E-state index in [9.17, 15) is 4.79 Å². The van der Waals surface area contributed by atoms with Gasteiger partial charge < -0.3 is 14.4 Å². The van der Waals surface area contributed by atoms with E-state index in [0.29, 0.717) is 18.7 Å². The minimum Gasteiger partial charge on any atom is -0.374 e. The van der Waals surface area contributed by atoms with E-state index in [-0.39, 0.29) is 24.2 Å². The van der Waals surface area contributed by atoms with Gasteiger partial charge in [0.1, 0.15) is 6.10 Å². The predicted octanol–water partition coefficient (Wildman–Crippen LogP) is 1.28. The first kappa shape index (κ1) is 14.1. The summed E-state index contributed by atoms with van der Waals surface area (Å²) in [4.78, 5) is 14.7. The molecule has 3 aliphatic rings. The highest BCUT2D eigenvalue weighted by Gasteiger charge is 2.45. The van der Waals surface area contributed by atoms with Crippen molar-refractivity contribution in [2.75, 3.05) is 19.8 Å². The van der Waals surface area contributed by atoms with Crippen LogP contribution in [0.5, 0.6) is 0 Å². The largest absolute Gasteiger partial charge is 0.374 e. The average molecular weight is 303 g/mol. The molecule has 6 nitrogen and oxygen atoms in total. The number of hydrogen-bond donors (Lipinski definition) is 0. The molecule has 2 aliphatic carbocycles. The summed E-state index contributed by atoms with van der Waals surface area (Å²) in [6.07, 6.45) is 7.70. The van der Waals surface area contributed by atoms with Gasteiger partial charge in [-0.1, -0.05) is 0 Å². The SMILES string of the molecule is O=C(c1ccnnc1)N1CCOC2CCC1C2OCC1CC1. The van der Waals surface area contributed by atoms with Crippen LogP contribution < -0.4 is 0 Å². The number of carbonyl (C=O) groups excluding carboxylic acids is 1. The molecule has 1 aromatic rings. The average Bonchev–Trinajstić information content (AvgIpc) is 3.30. The Morgan fingerprint density at radius 1 is 1.32 bits per heavy atom. The van der Waals surface area contributed by atoms with Crippen molar-refractivity contribution in [1.82, 2.24) is 15.1 Å². The Labute approximate surface area is 129 Å².